The van der Waals surface area contributed by atoms with Gasteiger partial charge < -0.3 is 10.4 Å². The van der Waals surface area contributed by atoms with Crippen LogP contribution in [0.2, 0.25) is 15.1 Å². The predicted molar refractivity (Wildman–Crippen MR) is 79.7 cm³/mol. The van der Waals surface area contributed by atoms with Gasteiger partial charge in [0.1, 0.15) is 0 Å². The Labute approximate surface area is 129 Å². The summed E-state index contributed by atoms with van der Waals surface area (Å²) in [6.45, 7) is 0. The standard InChI is InChI=1S/C11H10Cl3NO3S/c12-6-3-7(13)11(8(14)4-6)15-9(16)5-19-2-1-10(17)18/h3-4H,1-2,5H2,(H,15,16)(H,17,18). The van der Waals surface area contributed by atoms with E-state index in [1.165, 1.54) is 23.9 Å². The molecule has 0 aliphatic heterocycles. The van der Waals surface area contributed by atoms with Gasteiger partial charge in [0.25, 0.3) is 0 Å². The first kappa shape index (κ1) is 16.4. The molecular formula is C11H10Cl3NO3S. The Morgan fingerprint density at radius 2 is 1.79 bits per heavy atom. The lowest BCUT2D eigenvalue weighted by Crippen LogP contribution is -2.15. The van der Waals surface area contributed by atoms with Gasteiger partial charge in [-0.05, 0) is 12.1 Å². The lowest BCUT2D eigenvalue weighted by atomic mass is 10.3. The van der Waals surface area contributed by atoms with E-state index in [1.54, 1.807) is 0 Å². The summed E-state index contributed by atoms with van der Waals surface area (Å²) in [5.74, 6) is -0.703. The zero-order valence-electron chi connectivity index (χ0n) is 9.58. The van der Waals surface area contributed by atoms with E-state index < -0.39 is 5.97 Å². The molecule has 0 aromatic heterocycles. The molecule has 19 heavy (non-hydrogen) atoms. The van der Waals surface area contributed by atoms with Crippen molar-refractivity contribution in [2.24, 2.45) is 0 Å². The molecule has 0 aliphatic carbocycles. The van der Waals surface area contributed by atoms with Crippen molar-refractivity contribution < 1.29 is 14.7 Å². The maximum absolute atomic E-state index is 11.6. The molecule has 0 aliphatic rings. The Morgan fingerprint density at radius 1 is 1.21 bits per heavy atom. The van der Waals surface area contributed by atoms with Crippen molar-refractivity contribution in [2.45, 2.75) is 6.42 Å². The highest BCUT2D eigenvalue weighted by atomic mass is 35.5. The van der Waals surface area contributed by atoms with Crippen molar-refractivity contribution in [1.29, 1.82) is 0 Å². The molecule has 4 nitrogen and oxygen atoms in total. The number of carbonyl (C=O) groups is 2. The fraction of sp³-hybridized carbons (Fsp3) is 0.273. The van der Waals surface area contributed by atoms with Crippen LogP contribution in [0.15, 0.2) is 12.1 Å². The van der Waals surface area contributed by atoms with Gasteiger partial charge >= 0.3 is 5.97 Å². The lowest BCUT2D eigenvalue weighted by Gasteiger charge is -2.09. The quantitative estimate of drug-likeness (QED) is 0.772. The Balaban J connectivity index is 2.51. The van der Waals surface area contributed by atoms with Crippen molar-refractivity contribution in [3.8, 4) is 0 Å². The second-order valence-electron chi connectivity index (χ2n) is 3.49. The number of carboxylic acid groups (broad SMARTS) is 1. The highest BCUT2D eigenvalue weighted by molar-refractivity contribution is 7.99. The first-order valence-electron chi connectivity index (χ1n) is 5.14. The number of thioether (sulfide) groups is 1. The summed E-state index contributed by atoms with van der Waals surface area (Å²) in [4.78, 5) is 21.9. The summed E-state index contributed by atoms with van der Waals surface area (Å²) >= 11 is 18.8. The van der Waals surface area contributed by atoms with Gasteiger partial charge in [0.15, 0.2) is 0 Å². The van der Waals surface area contributed by atoms with Gasteiger partial charge in [-0.3, -0.25) is 9.59 Å². The summed E-state index contributed by atoms with van der Waals surface area (Å²) in [6.07, 6.45) is 0.0143. The average molecular weight is 343 g/mol. The Kier molecular flexibility index (Phi) is 6.79. The third-order valence-electron chi connectivity index (χ3n) is 1.96. The predicted octanol–water partition coefficient (Wildman–Crippen LogP) is 3.79. The molecule has 0 atom stereocenters. The minimum Gasteiger partial charge on any atom is -0.481 e. The van der Waals surface area contributed by atoms with Crippen LogP contribution >= 0.6 is 46.6 Å². The largest absolute Gasteiger partial charge is 0.481 e. The van der Waals surface area contributed by atoms with E-state index in [-0.39, 0.29) is 28.1 Å². The third kappa shape index (κ3) is 5.91. The minimum absolute atomic E-state index is 0.0143. The molecule has 2 N–H and O–H groups in total. The number of carboxylic acids is 1. The molecule has 1 rings (SSSR count). The van der Waals surface area contributed by atoms with Crippen LogP contribution in [0.3, 0.4) is 0 Å². The van der Waals surface area contributed by atoms with Crippen LogP contribution in [0.5, 0.6) is 0 Å². The molecule has 0 radical (unpaired) electrons. The van der Waals surface area contributed by atoms with Crippen LogP contribution in [0.1, 0.15) is 6.42 Å². The molecule has 0 heterocycles. The molecule has 0 saturated carbocycles. The summed E-state index contributed by atoms with van der Waals surface area (Å²) in [6, 6.07) is 2.95. The number of hydrogen-bond acceptors (Lipinski definition) is 3. The van der Waals surface area contributed by atoms with Gasteiger partial charge in [-0.1, -0.05) is 34.8 Å². The highest BCUT2D eigenvalue weighted by Gasteiger charge is 2.11. The smallest absolute Gasteiger partial charge is 0.304 e. The fourth-order valence-electron chi connectivity index (χ4n) is 1.16. The Hall–Kier alpha value is -0.620. The molecule has 104 valence electrons. The summed E-state index contributed by atoms with van der Waals surface area (Å²) in [5.41, 5.74) is 0.302. The average Bonchev–Trinajstić information content (AvgIpc) is 2.29. The van der Waals surface area contributed by atoms with E-state index in [9.17, 15) is 9.59 Å². The van der Waals surface area contributed by atoms with Crippen LogP contribution < -0.4 is 5.32 Å². The number of amides is 1. The van der Waals surface area contributed by atoms with E-state index in [0.29, 0.717) is 16.5 Å². The van der Waals surface area contributed by atoms with Crippen molar-refractivity contribution in [3.05, 3.63) is 27.2 Å². The SMILES string of the molecule is O=C(O)CCSCC(=O)Nc1c(Cl)cc(Cl)cc1Cl. The Bertz CT molecular complexity index is 473. The molecule has 1 aromatic carbocycles. The maximum Gasteiger partial charge on any atom is 0.304 e. The van der Waals surface area contributed by atoms with E-state index in [4.69, 9.17) is 39.9 Å². The van der Waals surface area contributed by atoms with Crippen LogP contribution in [0, 0.1) is 0 Å². The van der Waals surface area contributed by atoms with E-state index in [0.717, 1.165) is 0 Å². The zero-order valence-corrected chi connectivity index (χ0v) is 12.7. The molecular weight excluding hydrogens is 333 g/mol. The van der Waals surface area contributed by atoms with Crippen molar-refractivity contribution in [3.63, 3.8) is 0 Å². The first-order valence-corrected chi connectivity index (χ1v) is 7.43. The topological polar surface area (TPSA) is 66.4 Å². The molecule has 0 bridgehead atoms. The fourth-order valence-corrected chi connectivity index (χ4v) is 2.79. The van der Waals surface area contributed by atoms with Gasteiger partial charge in [-0.2, -0.15) is 11.8 Å². The molecule has 0 spiro atoms. The minimum atomic E-state index is -0.892. The van der Waals surface area contributed by atoms with Crippen LogP contribution in [0.4, 0.5) is 5.69 Å². The van der Waals surface area contributed by atoms with Gasteiger partial charge in [0.2, 0.25) is 5.91 Å². The van der Waals surface area contributed by atoms with Gasteiger partial charge in [-0.15, -0.1) is 0 Å². The second kappa shape index (κ2) is 7.85. The summed E-state index contributed by atoms with van der Waals surface area (Å²) < 4.78 is 0. The molecule has 1 aromatic rings. The van der Waals surface area contributed by atoms with Gasteiger partial charge in [0.05, 0.1) is 27.9 Å². The second-order valence-corrected chi connectivity index (χ2v) is 5.84. The van der Waals surface area contributed by atoms with E-state index >= 15 is 0 Å². The summed E-state index contributed by atoms with van der Waals surface area (Å²) in [5, 5.41) is 11.9. The molecule has 0 fully saturated rings. The van der Waals surface area contributed by atoms with Crippen molar-refractivity contribution in [2.75, 3.05) is 16.8 Å². The summed E-state index contributed by atoms with van der Waals surface area (Å²) in [7, 11) is 0. The Morgan fingerprint density at radius 3 is 2.32 bits per heavy atom. The van der Waals surface area contributed by atoms with Crippen LogP contribution in [-0.4, -0.2) is 28.5 Å². The van der Waals surface area contributed by atoms with Gasteiger partial charge in [0, 0.05) is 10.8 Å². The number of halogens is 3. The molecule has 0 unspecified atom stereocenters. The highest BCUT2D eigenvalue weighted by Crippen LogP contribution is 2.33. The van der Waals surface area contributed by atoms with E-state index in [2.05, 4.69) is 5.32 Å². The van der Waals surface area contributed by atoms with Crippen LogP contribution in [-0.2, 0) is 9.59 Å². The first-order chi connectivity index (χ1) is 8.90. The van der Waals surface area contributed by atoms with Gasteiger partial charge in [-0.25, -0.2) is 0 Å². The molecule has 0 saturated heterocycles. The number of rotatable bonds is 6. The number of benzene rings is 1. The number of nitrogens with one attached hydrogen (secondary N) is 1. The molecule has 1 amide bonds. The monoisotopic (exact) mass is 341 g/mol. The van der Waals surface area contributed by atoms with Crippen LogP contribution in [0.25, 0.3) is 0 Å². The van der Waals surface area contributed by atoms with E-state index in [1.807, 2.05) is 0 Å². The maximum atomic E-state index is 11.6. The number of hydrogen-bond donors (Lipinski definition) is 2. The number of aliphatic carboxylic acids is 1. The number of anilines is 1. The lowest BCUT2D eigenvalue weighted by molar-refractivity contribution is -0.136. The van der Waals surface area contributed by atoms with Crippen molar-refractivity contribution in [1.82, 2.24) is 0 Å². The number of carbonyl (C=O) groups excluding carboxylic acids is 1. The third-order valence-corrected chi connectivity index (χ3v) is 3.74. The zero-order chi connectivity index (χ0) is 14.4. The normalized spacial score (nSPS) is 10.3. The molecule has 8 heteroatoms. The van der Waals surface area contributed by atoms with Crippen molar-refractivity contribution >= 4 is 64.1 Å².